The first-order valence-corrected chi connectivity index (χ1v) is 6.62. The number of aliphatic hydroxyl groups is 2. The van der Waals surface area contributed by atoms with Gasteiger partial charge in [0.05, 0.1) is 6.10 Å². The smallest absolute Gasteiger partial charge is 0.426 e. The Kier molecular flexibility index (Phi) is 5.42. The first kappa shape index (κ1) is 19.8. The van der Waals surface area contributed by atoms with E-state index in [0.717, 1.165) is 0 Å². The molecule has 23 heavy (non-hydrogen) atoms. The van der Waals surface area contributed by atoms with E-state index in [-0.39, 0.29) is 12.0 Å². The number of carbonyl (C=O) groups is 1. The van der Waals surface area contributed by atoms with E-state index >= 15 is 0 Å². The van der Waals surface area contributed by atoms with Crippen LogP contribution in [-0.4, -0.2) is 46.3 Å². The van der Waals surface area contributed by atoms with Gasteiger partial charge in [-0.2, -0.15) is 26.3 Å². The molecule has 0 bridgehead atoms. The summed E-state index contributed by atoms with van der Waals surface area (Å²) in [6.07, 6.45) is -17.0. The zero-order valence-electron chi connectivity index (χ0n) is 12.0. The molecular formula is C13H16F6O4. The maximum Gasteiger partial charge on any atom is 0.426 e. The van der Waals surface area contributed by atoms with Crippen molar-refractivity contribution >= 4 is 5.97 Å². The number of alkyl halides is 6. The van der Waals surface area contributed by atoms with Gasteiger partial charge < -0.3 is 14.9 Å². The van der Waals surface area contributed by atoms with Gasteiger partial charge in [-0.05, 0) is 26.2 Å². The van der Waals surface area contributed by atoms with Crippen molar-refractivity contribution in [2.24, 2.45) is 5.92 Å². The van der Waals surface area contributed by atoms with Crippen molar-refractivity contribution in [1.82, 2.24) is 0 Å². The highest BCUT2D eigenvalue weighted by atomic mass is 19.4. The summed E-state index contributed by atoms with van der Waals surface area (Å²) in [5.41, 5.74) is -5.31. The monoisotopic (exact) mass is 350 g/mol. The lowest BCUT2D eigenvalue weighted by atomic mass is 9.73. The molecule has 134 valence electrons. The minimum atomic E-state index is -6.05. The van der Waals surface area contributed by atoms with Gasteiger partial charge in [0.1, 0.15) is 6.10 Å². The van der Waals surface area contributed by atoms with Crippen LogP contribution >= 0.6 is 0 Å². The Bertz CT molecular complexity index is 456. The number of rotatable bonds is 3. The summed E-state index contributed by atoms with van der Waals surface area (Å²) in [6.45, 7) is 4.36. The number of ether oxygens (including phenoxy) is 1. The predicted molar refractivity (Wildman–Crippen MR) is 65.1 cm³/mol. The Balaban J connectivity index is 3.27. The number of hydrogen-bond donors (Lipinski definition) is 2. The number of esters is 1. The largest absolute Gasteiger partial charge is 0.459 e. The zero-order chi connectivity index (χ0) is 18.2. The Morgan fingerprint density at radius 3 is 2.00 bits per heavy atom. The summed E-state index contributed by atoms with van der Waals surface area (Å²) in [5, 5.41) is 18.9. The van der Waals surface area contributed by atoms with Crippen LogP contribution in [0.4, 0.5) is 26.3 Å². The quantitative estimate of drug-likeness (QED) is 0.466. The molecule has 1 aliphatic carbocycles. The topological polar surface area (TPSA) is 66.8 Å². The van der Waals surface area contributed by atoms with Gasteiger partial charge in [0.25, 0.3) is 5.60 Å². The van der Waals surface area contributed by atoms with Gasteiger partial charge in [-0.15, -0.1) is 0 Å². The molecule has 1 saturated carbocycles. The third-order valence-electron chi connectivity index (χ3n) is 3.77. The van der Waals surface area contributed by atoms with Crippen LogP contribution in [0, 0.1) is 5.92 Å². The van der Waals surface area contributed by atoms with E-state index in [2.05, 4.69) is 11.3 Å². The highest BCUT2D eigenvalue weighted by Crippen LogP contribution is 2.52. The van der Waals surface area contributed by atoms with Gasteiger partial charge in [0.15, 0.2) is 0 Å². The molecule has 0 heterocycles. The van der Waals surface area contributed by atoms with Gasteiger partial charge in [-0.3, -0.25) is 0 Å². The lowest BCUT2D eigenvalue weighted by molar-refractivity contribution is -0.394. The molecule has 4 nitrogen and oxygen atoms in total. The highest BCUT2D eigenvalue weighted by Gasteiger charge is 2.75. The van der Waals surface area contributed by atoms with E-state index < -0.39 is 54.9 Å². The molecule has 0 aliphatic heterocycles. The van der Waals surface area contributed by atoms with Gasteiger partial charge in [-0.1, -0.05) is 6.58 Å². The normalized spacial score (nSPS) is 26.7. The summed E-state index contributed by atoms with van der Waals surface area (Å²) < 4.78 is 82.5. The Morgan fingerprint density at radius 2 is 1.61 bits per heavy atom. The van der Waals surface area contributed by atoms with Crippen molar-refractivity contribution in [3.05, 3.63) is 12.2 Å². The molecule has 0 radical (unpaired) electrons. The summed E-state index contributed by atoms with van der Waals surface area (Å²) in [5.74, 6) is -3.74. The average molecular weight is 350 g/mol. The second-order valence-electron chi connectivity index (χ2n) is 5.56. The third kappa shape index (κ3) is 3.79. The molecule has 0 spiro atoms. The molecule has 1 aliphatic rings. The lowest BCUT2D eigenvalue weighted by Gasteiger charge is -2.44. The maximum atomic E-state index is 13.0. The van der Waals surface area contributed by atoms with E-state index in [9.17, 15) is 41.4 Å². The predicted octanol–water partition coefficient (Wildman–Crippen LogP) is 2.49. The first-order chi connectivity index (χ1) is 10.2. The summed E-state index contributed by atoms with van der Waals surface area (Å²) in [7, 11) is 0. The summed E-state index contributed by atoms with van der Waals surface area (Å²) >= 11 is 0. The van der Waals surface area contributed by atoms with E-state index in [4.69, 9.17) is 0 Å². The van der Waals surface area contributed by atoms with Crippen molar-refractivity contribution < 1.29 is 46.1 Å². The van der Waals surface area contributed by atoms with E-state index in [1.807, 2.05) is 0 Å². The maximum absolute atomic E-state index is 13.0. The minimum Gasteiger partial charge on any atom is -0.459 e. The van der Waals surface area contributed by atoms with Gasteiger partial charge in [0, 0.05) is 11.5 Å². The molecular weight excluding hydrogens is 334 g/mol. The highest BCUT2D eigenvalue weighted by molar-refractivity contribution is 5.87. The second kappa shape index (κ2) is 6.31. The number of hydrogen-bond acceptors (Lipinski definition) is 4. The molecule has 10 heteroatoms. The van der Waals surface area contributed by atoms with Crippen LogP contribution in [0.1, 0.15) is 26.2 Å². The van der Waals surface area contributed by atoms with Crippen molar-refractivity contribution in [2.75, 3.05) is 0 Å². The van der Waals surface area contributed by atoms with Gasteiger partial charge in [0.2, 0.25) is 0 Å². The van der Waals surface area contributed by atoms with Crippen LogP contribution in [-0.2, 0) is 9.53 Å². The van der Waals surface area contributed by atoms with Crippen LogP contribution in [0.15, 0.2) is 12.2 Å². The zero-order valence-corrected chi connectivity index (χ0v) is 12.0. The van der Waals surface area contributed by atoms with Crippen LogP contribution in [0.2, 0.25) is 0 Å². The number of carbonyl (C=O) groups excluding carboxylic acids is 1. The van der Waals surface area contributed by atoms with Crippen LogP contribution in [0.3, 0.4) is 0 Å². The van der Waals surface area contributed by atoms with Crippen molar-refractivity contribution in [2.45, 2.75) is 56.3 Å². The fourth-order valence-corrected chi connectivity index (χ4v) is 2.52. The molecule has 0 saturated heterocycles. The average Bonchev–Trinajstić information content (AvgIpc) is 2.36. The Morgan fingerprint density at radius 1 is 1.13 bits per heavy atom. The molecule has 0 aromatic carbocycles. The molecule has 2 N–H and O–H groups in total. The molecule has 3 unspecified atom stereocenters. The lowest BCUT2D eigenvalue weighted by Crippen LogP contribution is -2.65. The van der Waals surface area contributed by atoms with Crippen LogP contribution < -0.4 is 0 Å². The van der Waals surface area contributed by atoms with E-state index in [0.29, 0.717) is 0 Å². The van der Waals surface area contributed by atoms with Gasteiger partial charge >= 0.3 is 18.3 Å². The molecule has 1 rings (SSSR count). The Hall–Kier alpha value is -1.29. The fraction of sp³-hybridized carbons (Fsp3) is 0.769. The SMILES string of the molecule is C=C(C)C(=O)OC1CCC(O)CC1C(O)(C(F)(F)F)C(F)(F)F. The fourth-order valence-electron chi connectivity index (χ4n) is 2.52. The van der Waals surface area contributed by atoms with Crippen molar-refractivity contribution in [3.8, 4) is 0 Å². The van der Waals surface area contributed by atoms with Crippen molar-refractivity contribution in [3.63, 3.8) is 0 Å². The van der Waals surface area contributed by atoms with Gasteiger partial charge in [-0.25, -0.2) is 4.79 Å². The second-order valence-corrected chi connectivity index (χ2v) is 5.56. The third-order valence-corrected chi connectivity index (χ3v) is 3.77. The number of halogens is 6. The Labute approximate surface area is 127 Å². The standard InChI is InChI=1S/C13H16F6O4/c1-6(2)10(21)23-9-4-3-7(20)5-8(9)11(22,12(14,15)16)13(17,18)19/h7-9,20,22H,1,3-5H2,2H3. The molecule has 0 aromatic rings. The number of aliphatic hydroxyl groups excluding tert-OH is 1. The van der Waals surface area contributed by atoms with Crippen molar-refractivity contribution in [1.29, 1.82) is 0 Å². The summed E-state index contributed by atoms with van der Waals surface area (Å²) in [4.78, 5) is 11.4. The summed E-state index contributed by atoms with van der Waals surface area (Å²) in [6, 6.07) is 0. The minimum absolute atomic E-state index is 0.156. The van der Waals surface area contributed by atoms with Crippen LogP contribution in [0.25, 0.3) is 0 Å². The molecule has 3 atom stereocenters. The van der Waals surface area contributed by atoms with E-state index in [1.165, 1.54) is 6.92 Å². The molecule has 1 fully saturated rings. The first-order valence-electron chi connectivity index (χ1n) is 6.62. The molecule has 0 amide bonds. The van der Waals surface area contributed by atoms with E-state index in [1.54, 1.807) is 0 Å². The molecule has 0 aromatic heterocycles. The van der Waals surface area contributed by atoms with Crippen LogP contribution in [0.5, 0.6) is 0 Å².